The van der Waals surface area contributed by atoms with Gasteiger partial charge in [0.15, 0.2) is 5.82 Å². The van der Waals surface area contributed by atoms with Crippen molar-refractivity contribution in [3.8, 4) is 0 Å². The number of amides is 2. The van der Waals surface area contributed by atoms with E-state index in [-0.39, 0.29) is 17.6 Å². The number of nitrogens with one attached hydrogen (secondary N) is 1. The zero-order chi connectivity index (χ0) is 22.3. The van der Waals surface area contributed by atoms with Gasteiger partial charge in [-0.1, -0.05) is 47.5 Å². The number of carbonyl (C=O) groups is 1. The van der Waals surface area contributed by atoms with Crippen molar-refractivity contribution in [3.05, 3.63) is 81.4 Å². The predicted octanol–water partition coefficient (Wildman–Crippen LogP) is 5.48. The highest BCUT2D eigenvalue weighted by Gasteiger charge is 2.47. The van der Waals surface area contributed by atoms with Gasteiger partial charge in [-0.3, -0.25) is 0 Å². The minimum absolute atomic E-state index is 0.0429. The summed E-state index contributed by atoms with van der Waals surface area (Å²) in [5, 5.41) is 13.5. The summed E-state index contributed by atoms with van der Waals surface area (Å²) < 4.78 is 2.10. The molecule has 2 aromatic carbocycles. The molecule has 1 saturated heterocycles. The van der Waals surface area contributed by atoms with Crippen LogP contribution in [-0.4, -0.2) is 32.2 Å². The van der Waals surface area contributed by atoms with Crippen LogP contribution in [0.15, 0.2) is 48.5 Å². The number of nitrogens with zero attached hydrogens (tertiary/aromatic N) is 4. The molecule has 2 amide bonds. The van der Waals surface area contributed by atoms with Gasteiger partial charge in [0.2, 0.25) is 0 Å². The average molecular weight is 470 g/mol. The van der Waals surface area contributed by atoms with Crippen LogP contribution in [0.2, 0.25) is 10.0 Å². The van der Waals surface area contributed by atoms with Gasteiger partial charge >= 0.3 is 6.03 Å². The molecule has 0 radical (unpaired) electrons. The van der Waals surface area contributed by atoms with Crippen molar-refractivity contribution in [2.75, 3.05) is 6.54 Å². The fourth-order valence-electron chi connectivity index (χ4n) is 4.55. The van der Waals surface area contributed by atoms with Crippen molar-refractivity contribution >= 4 is 29.2 Å². The van der Waals surface area contributed by atoms with Gasteiger partial charge in [0.05, 0.1) is 18.1 Å². The second-order valence-corrected chi connectivity index (χ2v) is 9.56. The Morgan fingerprint density at radius 1 is 1.06 bits per heavy atom. The number of hydrogen-bond donors (Lipinski definition) is 1. The van der Waals surface area contributed by atoms with E-state index in [0.717, 1.165) is 48.5 Å². The average Bonchev–Trinajstić information content (AvgIpc) is 3.23. The molecule has 0 spiro atoms. The number of aryl methyl sites for hydroxylation is 1. The number of aromatic nitrogens is 3. The Morgan fingerprint density at radius 2 is 1.72 bits per heavy atom. The van der Waals surface area contributed by atoms with Crippen molar-refractivity contribution in [2.45, 2.75) is 50.7 Å². The highest BCUT2D eigenvalue weighted by molar-refractivity contribution is 6.30. The number of halogens is 2. The van der Waals surface area contributed by atoms with E-state index in [4.69, 9.17) is 23.2 Å². The fraction of sp³-hybridized carbons (Fsp3) is 0.375. The first-order chi connectivity index (χ1) is 15.4. The molecule has 5 rings (SSSR count). The van der Waals surface area contributed by atoms with E-state index in [1.165, 1.54) is 0 Å². The normalized spacial score (nSPS) is 19.2. The molecule has 166 valence electrons. The number of urea groups is 1. The van der Waals surface area contributed by atoms with E-state index in [0.29, 0.717) is 23.1 Å². The van der Waals surface area contributed by atoms with Crippen molar-refractivity contribution in [2.24, 2.45) is 0 Å². The summed E-state index contributed by atoms with van der Waals surface area (Å²) in [5.41, 5.74) is 1.93. The van der Waals surface area contributed by atoms with Crippen molar-refractivity contribution < 1.29 is 4.79 Å². The van der Waals surface area contributed by atoms with Crippen LogP contribution in [0.5, 0.6) is 0 Å². The van der Waals surface area contributed by atoms with Gasteiger partial charge in [0.25, 0.3) is 0 Å². The first kappa shape index (κ1) is 21.3. The van der Waals surface area contributed by atoms with Crippen molar-refractivity contribution in [1.29, 1.82) is 0 Å². The summed E-state index contributed by atoms with van der Waals surface area (Å²) in [6, 6.07) is 15.4. The van der Waals surface area contributed by atoms with Gasteiger partial charge in [-0.05, 0) is 68.0 Å². The zero-order valence-corrected chi connectivity index (χ0v) is 19.4. The minimum atomic E-state index is -0.290. The quantitative estimate of drug-likeness (QED) is 0.538. The second-order valence-electron chi connectivity index (χ2n) is 8.69. The van der Waals surface area contributed by atoms with E-state index in [9.17, 15) is 4.79 Å². The molecule has 8 heteroatoms. The molecular formula is C24H25Cl2N5O. The molecular weight excluding hydrogens is 445 g/mol. The molecule has 3 aromatic rings. The smallest absolute Gasteiger partial charge is 0.318 e. The molecule has 1 atom stereocenters. The maximum absolute atomic E-state index is 13.4. The second kappa shape index (κ2) is 8.41. The van der Waals surface area contributed by atoms with Gasteiger partial charge in [-0.25, -0.2) is 4.79 Å². The molecule has 1 saturated carbocycles. The van der Waals surface area contributed by atoms with Gasteiger partial charge in [0, 0.05) is 16.6 Å². The first-order valence-electron chi connectivity index (χ1n) is 10.9. The Labute approximate surface area is 197 Å². The lowest BCUT2D eigenvalue weighted by atomic mass is 10.1. The fourth-order valence-corrected chi connectivity index (χ4v) is 4.80. The topological polar surface area (TPSA) is 63.1 Å². The largest absolute Gasteiger partial charge is 0.328 e. The van der Waals surface area contributed by atoms with Crippen LogP contribution in [0.4, 0.5) is 4.79 Å². The van der Waals surface area contributed by atoms with E-state index in [1.54, 1.807) is 0 Å². The van der Waals surface area contributed by atoms with Crippen LogP contribution in [0.25, 0.3) is 0 Å². The summed E-state index contributed by atoms with van der Waals surface area (Å²) in [5.74, 6) is 1.67. The van der Waals surface area contributed by atoms with E-state index < -0.39 is 0 Å². The lowest BCUT2D eigenvalue weighted by molar-refractivity contribution is 0.184. The van der Waals surface area contributed by atoms with Crippen LogP contribution in [-0.2, 0) is 12.1 Å². The number of carbonyl (C=O) groups excluding carboxylic acids is 1. The molecule has 1 unspecified atom stereocenters. The predicted molar refractivity (Wildman–Crippen MR) is 125 cm³/mol. The Bertz CT molecular complexity index is 1120. The van der Waals surface area contributed by atoms with Gasteiger partial charge < -0.3 is 14.8 Å². The molecule has 2 heterocycles. The maximum atomic E-state index is 13.4. The molecule has 1 N–H and O–H groups in total. The number of rotatable bonds is 5. The maximum Gasteiger partial charge on any atom is 0.318 e. The minimum Gasteiger partial charge on any atom is -0.328 e. The van der Waals surface area contributed by atoms with Gasteiger partial charge in [-0.15, -0.1) is 10.2 Å². The standard InChI is InChI=1S/C24H25Cl2N5O/c1-16-28-29-22(31(16)15-17-4-8-19(25)9-5-17)21-3-2-14-30(21)23(32)27-24(12-13-24)18-6-10-20(26)11-7-18/h4-11,21H,2-3,12-15H2,1H3,(H,27,32). The number of hydrogen-bond acceptors (Lipinski definition) is 3. The third kappa shape index (κ3) is 4.09. The highest BCUT2D eigenvalue weighted by atomic mass is 35.5. The summed E-state index contributed by atoms with van der Waals surface area (Å²) in [4.78, 5) is 15.3. The van der Waals surface area contributed by atoms with Crippen molar-refractivity contribution in [1.82, 2.24) is 25.0 Å². The molecule has 2 aliphatic rings. The Kier molecular flexibility index (Phi) is 5.59. The highest BCUT2D eigenvalue weighted by Crippen LogP contribution is 2.46. The van der Waals surface area contributed by atoms with Crippen LogP contribution < -0.4 is 5.32 Å². The van der Waals surface area contributed by atoms with Crippen LogP contribution in [0, 0.1) is 6.92 Å². The van der Waals surface area contributed by atoms with E-state index in [2.05, 4.69) is 20.1 Å². The lowest BCUT2D eigenvalue weighted by Gasteiger charge is -2.28. The molecule has 0 bridgehead atoms. The molecule has 32 heavy (non-hydrogen) atoms. The zero-order valence-electron chi connectivity index (χ0n) is 17.9. The van der Waals surface area contributed by atoms with Crippen molar-refractivity contribution in [3.63, 3.8) is 0 Å². The summed E-state index contributed by atoms with van der Waals surface area (Å²) >= 11 is 12.1. The summed E-state index contributed by atoms with van der Waals surface area (Å²) in [6.45, 7) is 3.30. The molecule has 1 aromatic heterocycles. The third-order valence-electron chi connectivity index (χ3n) is 6.52. The summed E-state index contributed by atoms with van der Waals surface area (Å²) in [7, 11) is 0. The van der Waals surface area contributed by atoms with Crippen LogP contribution in [0.3, 0.4) is 0 Å². The van der Waals surface area contributed by atoms with E-state index in [1.807, 2.05) is 60.4 Å². The lowest BCUT2D eigenvalue weighted by Crippen LogP contribution is -2.45. The molecule has 2 fully saturated rings. The molecule has 1 aliphatic carbocycles. The van der Waals surface area contributed by atoms with Gasteiger partial charge in [0.1, 0.15) is 5.82 Å². The monoisotopic (exact) mass is 469 g/mol. The number of benzene rings is 2. The molecule has 6 nitrogen and oxygen atoms in total. The van der Waals surface area contributed by atoms with Gasteiger partial charge in [-0.2, -0.15) is 0 Å². The Morgan fingerprint density at radius 3 is 2.38 bits per heavy atom. The van der Waals surface area contributed by atoms with Crippen LogP contribution in [0.1, 0.15) is 54.5 Å². The first-order valence-corrected chi connectivity index (χ1v) is 11.7. The summed E-state index contributed by atoms with van der Waals surface area (Å²) in [6.07, 6.45) is 3.69. The Balaban J connectivity index is 1.35. The van der Waals surface area contributed by atoms with Crippen LogP contribution >= 0.6 is 23.2 Å². The molecule has 1 aliphatic heterocycles. The SMILES string of the molecule is Cc1nnc(C2CCCN2C(=O)NC2(c3ccc(Cl)cc3)CC2)n1Cc1ccc(Cl)cc1. The third-order valence-corrected chi connectivity index (χ3v) is 7.03. The number of likely N-dealkylation sites (tertiary alicyclic amines) is 1. The van der Waals surface area contributed by atoms with E-state index >= 15 is 0 Å². The Hall–Kier alpha value is -2.57.